The van der Waals surface area contributed by atoms with Crippen molar-refractivity contribution in [3.63, 3.8) is 0 Å². The normalized spacial score (nSPS) is 26.1. The van der Waals surface area contributed by atoms with Crippen LogP contribution in [-0.4, -0.2) is 30.8 Å². The second-order valence-corrected chi connectivity index (χ2v) is 3.56. The van der Waals surface area contributed by atoms with Gasteiger partial charge >= 0.3 is 0 Å². The van der Waals surface area contributed by atoms with Crippen LogP contribution < -0.4 is 5.43 Å². The van der Waals surface area contributed by atoms with Crippen LogP contribution in [0.4, 0.5) is 0 Å². The Morgan fingerprint density at radius 1 is 1.50 bits per heavy atom. The van der Waals surface area contributed by atoms with E-state index in [1.54, 1.807) is 0 Å². The van der Waals surface area contributed by atoms with Gasteiger partial charge in [-0.1, -0.05) is 0 Å². The summed E-state index contributed by atoms with van der Waals surface area (Å²) in [7, 11) is 0. The average molecular weight is 168 g/mol. The highest BCUT2D eigenvalue weighted by atomic mass is 16.5. The molecular weight excluding hydrogens is 152 g/mol. The van der Waals surface area contributed by atoms with E-state index in [1.165, 1.54) is 5.57 Å². The van der Waals surface area contributed by atoms with E-state index in [2.05, 4.69) is 23.6 Å². The summed E-state index contributed by atoms with van der Waals surface area (Å²) >= 11 is 0. The van der Waals surface area contributed by atoms with Gasteiger partial charge in [0.05, 0.1) is 0 Å². The van der Waals surface area contributed by atoms with E-state index in [-0.39, 0.29) is 0 Å². The van der Waals surface area contributed by atoms with E-state index in [0.29, 0.717) is 6.04 Å². The molecule has 3 heteroatoms. The summed E-state index contributed by atoms with van der Waals surface area (Å²) in [6, 6.07) is 0.649. The van der Waals surface area contributed by atoms with Gasteiger partial charge in [0.25, 0.3) is 0 Å². The van der Waals surface area contributed by atoms with Crippen LogP contribution in [0.15, 0.2) is 11.8 Å². The number of hydrogen-bond acceptors (Lipinski definition) is 3. The van der Waals surface area contributed by atoms with E-state index >= 15 is 0 Å². The summed E-state index contributed by atoms with van der Waals surface area (Å²) in [5, 5.41) is 2.25. The minimum atomic E-state index is 0.649. The Morgan fingerprint density at radius 2 is 2.25 bits per heavy atom. The van der Waals surface area contributed by atoms with Crippen molar-refractivity contribution in [2.24, 2.45) is 0 Å². The lowest BCUT2D eigenvalue weighted by Crippen LogP contribution is -2.41. The minimum absolute atomic E-state index is 0.649. The van der Waals surface area contributed by atoms with Gasteiger partial charge in [-0.25, -0.2) is 5.43 Å². The Bertz CT molecular complexity index is 185. The fourth-order valence-electron chi connectivity index (χ4n) is 1.74. The van der Waals surface area contributed by atoms with Crippen LogP contribution in [-0.2, 0) is 4.74 Å². The van der Waals surface area contributed by atoms with E-state index in [4.69, 9.17) is 4.74 Å². The Kier molecular flexibility index (Phi) is 2.33. The van der Waals surface area contributed by atoms with Gasteiger partial charge in [-0.2, -0.15) is 0 Å². The monoisotopic (exact) mass is 168 g/mol. The molecule has 1 saturated heterocycles. The molecule has 68 valence electrons. The molecule has 0 aromatic rings. The Balaban J connectivity index is 1.91. The molecule has 0 aliphatic carbocycles. The zero-order valence-corrected chi connectivity index (χ0v) is 7.55. The van der Waals surface area contributed by atoms with E-state index < -0.39 is 0 Å². The summed E-state index contributed by atoms with van der Waals surface area (Å²) in [6.07, 6.45) is 4.52. The van der Waals surface area contributed by atoms with Crippen molar-refractivity contribution in [2.75, 3.05) is 19.8 Å². The van der Waals surface area contributed by atoms with Crippen molar-refractivity contribution in [1.29, 1.82) is 0 Å². The first-order valence-electron chi connectivity index (χ1n) is 4.63. The van der Waals surface area contributed by atoms with Crippen molar-refractivity contribution in [2.45, 2.75) is 25.8 Å². The SMILES string of the molecule is CC1=CN(C2CCOCC2)NC1. The molecule has 1 fully saturated rings. The van der Waals surface area contributed by atoms with Crippen LogP contribution in [0.25, 0.3) is 0 Å². The quantitative estimate of drug-likeness (QED) is 0.629. The lowest BCUT2D eigenvalue weighted by Gasteiger charge is -2.30. The standard InChI is InChI=1S/C9H16N2O/c1-8-6-10-11(7-8)9-2-4-12-5-3-9/h7,9-10H,2-6H2,1H3. The van der Waals surface area contributed by atoms with Gasteiger partial charge in [0.2, 0.25) is 0 Å². The lowest BCUT2D eigenvalue weighted by atomic mass is 10.1. The Labute approximate surface area is 73.4 Å². The first kappa shape index (κ1) is 8.08. The molecule has 2 aliphatic rings. The van der Waals surface area contributed by atoms with Crippen LogP contribution in [0.1, 0.15) is 19.8 Å². The smallest absolute Gasteiger partial charge is 0.0492 e. The zero-order chi connectivity index (χ0) is 8.39. The summed E-state index contributed by atoms with van der Waals surface area (Å²) in [6.45, 7) is 5.00. The van der Waals surface area contributed by atoms with Crippen LogP contribution in [0.2, 0.25) is 0 Å². The third-order valence-corrected chi connectivity index (χ3v) is 2.48. The van der Waals surface area contributed by atoms with Gasteiger partial charge in [0.15, 0.2) is 0 Å². The predicted molar refractivity (Wildman–Crippen MR) is 47.4 cm³/mol. The number of rotatable bonds is 1. The van der Waals surface area contributed by atoms with E-state index in [0.717, 1.165) is 32.6 Å². The van der Waals surface area contributed by atoms with Gasteiger partial charge in [-0.05, 0) is 25.3 Å². The molecule has 2 rings (SSSR count). The zero-order valence-electron chi connectivity index (χ0n) is 7.55. The third kappa shape index (κ3) is 1.62. The van der Waals surface area contributed by atoms with Crippen molar-refractivity contribution in [3.8, 4) is 0 Å². The fraction of sp³-hybridized carbons (Fsp3) is 0.778. The van der Waals surface area contributed by atoms with Crippen molar-refractivity contribution in [1.82, 2.24) is 10.4 Å². The highest BCUT2D eigenvalue weighted by Crippen LogP contribution is 2.16. The first-order chi connectivity index (χ1) is 5.86. The first-order valence-corrected chi connectivity index (χ1v) is 4.63. The second kappa shape index (κ2) is 3.46. The van der Waals surface area contributed by atoms with Gasteiger partial charge < -0.3 is 9.75 Å². The molecule has 0 amide bonds. The van der Waals surface area contributed by atoms with Crippen molar-refractivity contribution < 1.29 is 4.74 Å². The van der Waals surface area contributed by atoms with Crippen LogP contribution >= 0.6 is 0 Å². The highest BCUT2D eigenvalue weighted by molar-refractivity contribution is 5.05. The maximum Gasteiger partial charge on any atom is 0.0492 e. The number of hydrogen-bond donors (Lipinski definition) is 1. The molecule has 0 unspecified atom stereocenters. The summed E-state index contributed by atoms with van der Waals surface area (Å²) < 4.78 is 5.31. The maximum atomic E-state index is 5.31. The largest absolute Gasteiger partial charge is 0.381 e. The molecule has 3 nitrogen and oxygen atoms in total. The molecular formula is C9H16N2O. The number of ether oxygens (including phenoxy) is 1. The van der Waals surface area contributed by atoms with Crippen LogP contribution in [0.5, 0.6) is 0 Å². The molecule has 0 spiro atoms. The summed E-state index contributed by atoms with van der Waals surface area (Å²) in [4.78, 5) is 0. The number of nitrogens with one attached hydrogen (secondary N) is 1. The van der Waals surface area contributed by atoms with Gasteiger partial charge in [-0.3, -0.25) is 0 Å². The van der Waals surface area contributed by atoms with Gasteiger partial charge in [-0.15, -0.1) is 0 Å². The van der Waals surface area contributed by atoms with Gasteiger partial charge in [0, 0.05) is 32.0 Å². The molecule has 0 saturated carbocycles. The summed E-state index contributed by atoms with van der Waals surface area (Å²) in [5.41, 5.74) is 4.78. The maximum absolute atomic E-state index is 5.31. The molecule has 0 atom stereocenters. The predicted octanol–water partition coefficient (Wildman–Crippen LogP) is 0.889. The topological polar surface area (TPSA) is 24.5 Å². The lowest BCUT2D eigenvalue weighted by molar-refractivity contribution is 0.0391. The highest BCUT2D eigenvalue weighted by Gasteiger charge is 2.21. The summed E-state index contributed by atoms with van der Waals surface area (Å²) in [5.74, 6) is 0. The second-order valence-electron chi connectivity index (χ2n) is 3.56. The molecule has 2 heterocycles. The van der Waals surface area contributed by atoms with Crippen molar-refractivity contribution >= 4 is 0 Å². The molecule has 0 aromatic heterocycles. The number of nitrogens with zero attached hydrogens (tertiary/aromatic N) is 1. The number of hydrazine groups is 1. The minimum Gasteiger partial charge on any atom is -0.381 e. The van der Waals surface area contributed by atoms with Gasteiger partial charge in [0.1, 0.15) is 0 Å². The molecule has 2 aliphatic heterocycles. The molecule has 0 aromatic carbocycles. The molecule has 12 heavy (non-hydrogen) atoms. The van der Waals surface area contributed by atoms with E-state index in [9.17, 15) is 0 Å². The fourth-order valence-corrected chi connectivity index (χ4v) is 1.74. The third-order valence-electron chi connectivity index (χ3n) is 2.48. The average Bonchev–Trinajstić information content (AvgIpc) is 2.54. The van der Waals surface area contributed by atoms with E-state index in [1.807, 2.05) is 0 Å². The molecule has 0 radical (unpaired) electrons. The van der Waals surface area contributed by atoms with Crippen LogP contribution in [0.3, 0.4) is 0 Å². The Hall–Kier alpha value is -0.540. The van der Waals surface area contributed by atoms with Crippen molar-refractivity contribution in [3.05, 3.63) is 11.8 Å². The molecule has 1 N–H and O–H groups in total. The Morgan fingerprint density at radius 3 is 2.83 bits per heavy atom. The molecule has 0 bridgehead atoms. The van der Waals surface area contributed by atoms with Crippen LogP contribution in [0, 0.1) is 0 Å².